The van der Waals surface area contributed by atoms with Gasteiger partial charge in [-0.05, 0) is 70.8 Å². The molecule has 10 heteroatoms. The molecule has 5 aromatic rings. The number of aromatic carboxylic acids is 1. The van der Waals surface area contributed by atoms with Gasteiger partial charge in [-0.3, -0.25) is 0 Å². The van der Waals surface area contributed by atoms with Crippen LogP contribution in [-0.4, -0.2) is 35.3 Å². The first-order valence-corrected chi connectivity index (χ1v) is 15.4. The Morgan fingerprint density at radius 3 is 2.29 bits per heavy atom. The smallest absolute Gasteiger partial charge is 0.335 e. The lowest BCUT2D eigenvalue weighted by molar-refractivity contribution is 0.0697. The summed E-state index contributed by atoms with van der Waals surface area (Å²) in [4.78, 5) is 16.3. The van der Waals surface area contributed by atoms with Crippen LogP contribution in [0.15, 0.2) is 102 Å². The Bertz CT molecular complexity index is 1920. The van der Waals surface area contributed by atoms with Gasteiger partial charge in [0.15, 0.2) is 9.84 Å². The lowest BCUT2D eigenvalue weighted by Crippen LogP contribution is -2.20. The molecule has 42 heavy (non-hydrogen) atoms. The molecule has 1 aromatic heterocycles. The first kappa shape index (κ1) is 29.3. The standard InChI is InChI=1S/C32H25Cl2N3O4S/c1-42(40,41)26-13-10-22(11-14-26)31(35)37-19-29(27-15-12-25(33)18-28(27)34)36-30(37)16-7-20-5-8-21(9-6-20)23-3-2-4-24(17-23)32(38)39/h2-19,31H,35H2,1H3,(H,38,39). The molecule has 0 saturated heterocycles. The van der Waals surface area contributed by atoms with E-state index in [1.807, 2.05) is 42.5 Å². The summed E-state index contributed by atoms with van der Waals surface area (Å²) in [7, 11) is -3.35. The zero-order chi connectivity index (χ0) is 30.0. The van der Waals surface area contributed by atoms with E-state index in [9.17, 15) is 18.3 Å². The van der Waals surface area contributed by atoms with E-state index in [1.165, 1.54) is 12.1 Å². The number of carboxylic acid groups (broad SMARTS) is 1. The normalized spacial score (nSPS) is 12.5. The number of hydrogen-bond acceptors (Lipinski definition) is 5. The van der Waals surface area contributed by atoms with Crippen molar-refractivity contribution in [3.63, 3.8) is 0 Å². The van der Waals surface area contributed by atoms with Crippen molar-refractivity contribution in [2.24, 2.45) is 5.73 Å². The van der Waals surface area contributed by atoms with E-state index in [2.05, 4.69) is 0 Å². The van der Waals surface area contributed by atoms with Crippen LogP contribution in [0.2, 0.25) is 10.0 Å². The van der Waals surface area contributed by atoms with Gasteiger partial charge in [0.25, 0.3) is 0 Å². The zero-order valence-corrected chi connectivity index (χ0v) is 24.6. The van der Waals surface area contributed by atoms with Crippen LogP contribution in [0.3, 0.4) is 0 Å². The maximum absolute atomic E-state index is 11.9. The lowest BCUT2D eigenvalue weighted by atomic mass is 10.0. The summed E-state index contributed by atoms with van der Waals surface area (Å²) in [6.45, 7) is 0. The van der Waals surface area contributed by atoms with Crippen molar-refractivity contribution in [2.45, 2.75) is 11.1 Å². The van der Waals surface area contributed by atoms with Crippen LogP contribution in [0, 0.1) is 0 Å². The molecule has 7 nitrogen and oxygen atoms in total. The van der Waals surface area contributed by atoms with E-state index in [-0.39, 0.29) is 10.5 Å². The summed E-state index contributed by atoms with van der Waals surface area (Å²) >= 11 is 12.6. The Balaban J connectivity index is 1.49. The van der Waals surface area contributed by atoms with Crippen LogP contribution in [0.4, 0.5) is 0 Å². The molecular weight excluding hydrogens is 593 g/mol. The van der Waals surface area contributed by atoms with Crippen molar-refractivity contribution in [2.75, 3.05) is 6.26 Å². The molecule has 0 amide bonds. The SMILES string of the molecule is CS(=O)(=O)c1ccc(C(N)n2cc(-c3ccc(Cl)cc3Cl)nc2C=Cc2ccc(-c3cccc(C(=O)O)c3)cc2)cc1. The molecule has 212 valence electrons. The fraction of sp³-hybridized carbons (Fsp3) is 0.0625. The van der Waals surface area contributed by atoms with E-state index in [0.29, 0.717) is 32.7 Å². The van der Waals surface area contributed by atoms with Crippen molar-refractivity contribution in [3.8, 4) is 22.4 Å². The van der Waals surface area contributed by atoms with Gasteiger partial charge < -0.3 is 15.4 Å². The van der Waals surface area contributed by atoms with Crippen molar-refractivity contribution >= 4 is 51.2 Å². The first-order chi connectivity index (χ1) is 20.0. The number of carbonyl (C=O) groups is 1. The highest BCUT2D eigenvalue weighted by Gasteiger charge is 2.18. The molecule has 0 spiro atoms. The minimum atomic E-state index is -3.35. The van der Waals surface area contributed by atoms with E-state index in [1.54, 1.807) is 59.3 Å². The first-order valence-electron chi connectivity index (χ1n) is 12.7. The van der Waals surface area contributed by atoms with E-state index >= 15 is 0 Å². The second kappa shape index (κ2) is 12.0. The van der Waals surface area contributed by atoms with Crippen LogP contribution in [0.25, 0.3) is 34.5 Å². The number of rotatable bonds is 8. The van der Waals surface area contributed by atoms with Crippen LogP contribution in [-0.2, 0) is 9.84 Å². The van der Waals surface area contributed by atoms with E-state index in [4.69, 9.17) is 33.9 Å². The number of aromatic nitrogens is 2. The molecule has 0 aliphatic heterocycles. The second-order valence-corrected chi connectivity index (χ2v) is 12.5. The average molecular weight is 619 g/mol. The zero-order valence-electron chi connectivity index (χ0n) is 22.3. The van der Waals surface area contributed by atoms with Crippen molar-refractivity contribution < 1.29 is 18.3 Å². The van der Waals surface area contributed by atoms with Gasteiger partial charge in [-0.1, -0.05) is 77.8 Å². The number of carboxylic acids is 1. The van der Waals surface area contributed by atoms with Crippen molar-refractivity contribution in [3.05, 3.63) is 130 Å². The molecule has 1 heterocycles. The van der Waals surface area contributed by atoms with Gasteiger partial charge in [0, 0.05) is 23.0 Å². The van der Waals surface area contributed by atoms with Crippen LogP contribution in [0.5, 0.6) is 0 Å². The molecule has 3 N–H and O–H groups in total. The molecule has 0 saturated carbocycles. The van der Waals surface area contributed by atoms with Gasteiger partial charge in [0.2, 0.25) is 0 Å². The highest BCUT2D eigenvalue weighted by Crippen LogP contribution is 2.32. The summed E-state index contributed by atoms with van der Waals surface area (Å²) < 4.78 is 25.6. The number of nitrogens with zero attached hydrogens (tertiary/aromatic N) is 2. The fourth-order valence-corrected chi connectivity index (χ4v) is 5.58. The topological polar surface area (TPSA) is 115 Å². The third kappa shape index (κ3) is 6.48. The lowest BCUT2D eigenvalue weighted by Gasteiger charge is -2.16. The van der Waals surface area contributed by atoms with Gasteiger partial charge in [-0.25, -0.2) is 18.2 Å². The minimum Gasteiger partial charge on any atom is -0.478 e. The Labute approximate surface area is 253 Å². The monoisotopic (exact) mass is 617 g/mol. The second-order valence-electron chi connectivity index (χ2n) is 9.64. The summed E-state index contributed by atoms with van der Waals surface area (Å²) in [6.07, 6.45) is 6.00. The highest BCUT2D eigenvalue weighted by atomic mass is 35.5. The van der Waals surface area contributed by atoms with Gasteiger partial charge in [-0.2, -0.15) is 0 Å². The van der Waals surface area contributed by atoms with Gasteiger partial charge in [-0.15, -0.1) is 0 Å². The van der Waals surface area contributed by atoms with Crippen molar-refractivity contribution in [1.29, 1.82) is 0 Å². The van der Waals surface area contributed by atoms with Gasteiger partial charge >= 0.3 is 5.97 Å². The van der Waals surface area contributed by atoms with Gasteiger partial charge in [0.05, 0.1) is 21.2 Å². The summed E-state index contributed by atoms with van der Waals surface area (Å²) in [5.74, 6) is -0.426. The largest absolute Gasteiger partial charge is 0.478 e. The van der Waals surface area contributed by atoms with Crippen LogP contribution >= 0.6 is 23.2 Å². The molecule has 0 aliphatic rings. The summed E-state index contributed by atoms with van der Waals surface area (Å²) in [5, 5.41) is 10.2. The van der Waals surface area contributed by atoms with E-state index < -0.39 is 22.0 Å². The minimum absolute atomic E-state index is 0.205. The summed E-state index contributed by atoms with van der Waals surface area (Å²) in [6, 6.07) is 26.0. The number of sulfone groups is 1. The Kier molecular flexibility index (Phi) is 8.34. The molecule has 4 aromatic carbocycles. The average Bonchev–Trinajstić information content (AvgIpc) is 3.39. The Morgan fingerprint density at radius 1 is 0.929 bits per heavy atom. The predicted octanol–water partition coefficient (Wildman–Crippen LogP) is 7.30. The Morgan fingerprint density at radius 2 is 1.64 bits per heavy atom. The Hall–Kier alpha value is -4.21. The fourth-order valence-electron chi connectivity index (χ4n) is 4.44. The number of hydrogen-bond donors (Lipinski definition) is 2. The summed E-state index contributed by atoms with van der Waals surface area (Å²) in [5.41, 5.74) is 11.4. The molecule has 1 unspecified atom stereocenters. The molecular formula is C32H25Cl2N3O4S. The molecule has 0 bridgehead atoms. The van der Waals surface area contributed by atoms with Gasteiger partial charge in [0.1, 0.15) is 12.0 Å². The molecule has 1 atom stereocenters. The van der Waals surface area contributed by atoms with E-state index in [0.717, 1.165) is 22.9 Å². The van der Waals surface area contributed by atoms with Crippen LogP contribution in [0.1, 0.15) is 33.5 Å². The van der Waals surface area contributed by atoms with Crippen LogP contribution < -0.4 is 5.73 Å². The molecule has 0 aliphatic carbocycles. The third-order valence-electron chi connectivity index (χ3n) is 6.70. The maximum Gasteiger partial charge on any atom is 0.335 e. The quantitative estimate of drug-likeness (QED) is 0.189. The van der Waals surface area contributed by atoms with Crippen molar-refractivity contribution in [1.82, 2.24) is 9.55 Å². The number of benzene rings is 4. The number of halogens is 2. The highest BCUT2D eigenvalue weighted by molar-refractivity contribution is 7.90. The molecule has 0 radical (unpaired) electrons. The number of imidazole rings is 1. The maximum atomic E-state index is 11.9. The molecule has 0 fully saturated rings. The molecule has 5 rings (SSSR count). The number of nitrogens with two attached hydrogens (primary N) is 1. The third-order valence-corrected chi connectivity index (χ3v) is 8.37. The predicted molar refractivity (Wildman–Crippen MR) is 167 cm³/mol.